The number of carbonyl (C=O) groups excluding carboxylic acids is 1. The molecule has 1 aliphatic rings. The van der Waals surface area contributed by atoms with E-state index in [9.17, 15) is 13.2 Å². The van der Waals surface area contributed by atoms with E-state index in [1.807, 2.05) is 0 Å². The van der Waals surface area contributed by atoms with Crippen LogP contribution in [0.3, 0.4) is 0 Å². The molecule has 0 aromatic rings. The molecule has 0 fully saturated rings. The minimum atomic E-state index is -4.98. The standard InChI is InChI=1S/C6H8O9S.K.H/c7-1-2(8)4-5(15-16(11,12)13)3(9)6(10)14-4;;/h2,4,7-9H,1H2,(H,11,12,13);;/q;+1;-1/t2-,4+;;/m0../s1. The predicted molar refractivity (Wildman–Crippen MR) is 46.4 cm³/mol. The van der Waals surface area contributed by atoms with E-state index in [1.165, 1.54) is 0 Å². The number of aliphatic hydroxyl groups excluding tert-OH is 3. The van der Waals surface area contributed by atoms with Gasteiger partial charge in [-0.2, -0.15) is 8.42 Å². The Labute approximate surface area is 140 Å². The van der Waals surface area contributed by atoms with Gasteiger partial charge >= 0.3 is 67.8 Å². The number of cyclic esters (lactones) is 1. The van der Waals surface area contributed by atoms with Crippen molar-refractivity contribution in [1.82, 2.24) is 0 Å². The number of ether oxygens (including phenoxy) is 1. The van der Waals surface area contributed by atoms with Gasteiger partial charge in [0.2, 0.25) is 11.5 Å². The van der Waals surface area contributed by atoms with Gasteiger partial charge in [-0.1, -0.05) is 0 Å². The molecule has 0 amide bonds. The first-order valence-corrected chi connectivity index (χ1v) is 5.22. The fraction of sp³-hybridized carbons (Fsp3) is 0.500. The molecule has 1 heterocycles. The Morgan fingerprint density at radius 1 is 1.53 bits per heavy atom. The molecule has 1 aliphatic heterocycles. The third kappa shape index (κ3) is 4.46. The van der Waals surface area contributed by atoms with Crippen molar-refractivity contribution in [3.63, 3.8) is 0 Å². The van der Waals surface area contributed by atoms with Crippen LogP contribution in [0.2, 0.25) is 0 Å². The fourth-order valence-corrected chi connectivity index (χ4v) is 1.41. The quantitative estimate of drug-likeness (QED) is 0.227. The van der Waals surface area contributed by atoms with Crippen LogP contribution in [-0.2, 0) is 24.1 Å². The summed E-state index contributed by atoms with van der Waals surface area (Å²) in [5, 5.41) is 26.7. The minimum Gasteiger partial charge on any atom is -1.00 e. The van der Waals surface area contributed by atoms with Gasteiger partial charge < -0.3 is 25.7 Å². The van der Waals surface area contributed by atoms with Crippen LogP contribution in [0.25, 0.3) is 0 Å². The van der Waals surface area contributed by atoms with Gasteiger partial charge in [-0.15, -0.1) is 0 Å². The van der Waals surface area contributed by atoms with Gasteiger partial charge in [0.1, 0.15) is 6.10 Å². The van der Waals surface area contributed by atoms with E-state index in [4.69, 9.17) is 19.9 Å². The summed E-state index contributed by atoms with van der Waals surface area (Å²) in [6.45, 7) is -0.871. The maximum absolute atomic E-state index is 10.8. The van der Waals surface area contributed by atoms with E-state index in [0.717, 1.165) is 0 Å². The monoisotopic (exact) mass is 296 g/mol. The van der Waals surface area contributed by atoms with E-state index in [0.29, 0.717) is 0 Å². The molecule has 94 valence electrons. The summed E-state index contributed by atoms with van der Waals surface area (Å²) < 4.78 is 37.3. The second-order valence-electron chi connectivity index (χ2n) is 2.80. The third-order valence-electron chi connectivity index (χ3n) is 1.65. The molecule has 0 radical (unpaired) electrons. The number of aliphatic hydroxyl groups is 3. The first kappa shape index (κ1) is 17.3. The molecule has 0 aromatic carbocycles. The second kappa shape index (κ2) is 6.45. The topological polar surface area (TPSA) is 151 Å². The van der Waals surface area contributed by atoms with Crippen LogP contribution in [0.15, 0.2) is 11.5 Å². The molecule has 0 bridgehead atoms. The van der Waals surface area contributed by atoms with E-state index < -0.39 is 46.7 Å². The van der Waals surface area contributed by atoms with Gasteiger partial charge in [0, 0.05) is 0 Å². The zero-order valence-corrected chi connectivity index (χ0v) is 12.5. The smallest absolute Gasteiger partial charge is 1.00 e. The molecule has 9 nitrogen and oxygen atoms in total. The largest absolute Gasteiger partial charge is 1.00 e. The molecule has 0 aliphatic carbocycles. The third-order valence-corrected chi connectivity index (χ3v) is 2.04. The molecular formula is C6H9KO9S. The Hall–Kier alpha value is 0.276. The van der Waals surface area contributed by atoms with Gasteiger partial charge in [-0.25, -0.2) is 4.79 Å². The van der Waals surface area contributed by atoms with E-state index >= 15 is 0 Å². The molecular weight excluding hydrogens is 287 g/mol. The second-order valence-corrected chi connectivity index (χ2v) is 3.82. The van der Waals surface area contributed by atoms with Crippen molar-refractivity contribution in [3.8, 4) is 0 Å². The van der Waals surface area contributed by atoms with Crippen LogP contribution < -0.4 is 51.4 Å². The van der Waals surface area contributed by atoms with Crippen molar-refractivity contribution in [2.75, 3.05) is 6.61 Å². The van der Waals surface area contributed by atoms with Crippen LogP contribution in [0, 0.1) is 0 Å². The van der Waals surface area contributed by atoms with E-state index in [1.54, 1.807) is 0 Å². The van der Waals surface area contributed by atoms with Gasteiger partial charge in [-0.3, -0.25) is 4.55 Å². The molecule has 0 aromatic heterocycles. The number of carbonyl (C=O) groups is 1. The van der Waals surface area contributed by atoms with Crippen LogP contribution in [0.1, 0.15) is 1.43 Å². The van der Waals surface area contributed by atoms with Crippen LogP contribution in [-0.4, -0.2) is 53.1 Å². The van der Waals surface area contributed by atoms with Crippen molar-refractivity contribution in [1.29, 1.82) is 0 Å². The maximum Gasteiger partial charge on any atom is 1.00 e. The molecule has 0 saturated heterocycles. The maximum atomic E-state index is 10.8. The van der Waals surface area contributed by atoms with Crippen molar-refractivity contribution in [2.45, 2.75) is 12.2 Å². The van der Waals surface area contributed by atoms with Crippen molar-refractivity contribution < 1.29 is 94.8 Å². The summed E-state index contributed by atoms with van der Waals surface area (Å²) in [5.74, 6) is -3.51. The molecule has 0 spiro atoms. The van der Waals surface area contributed by atoms with Gasteiger partial charge in [0.25, 0.3) is 0 Å². The Bertz CT molecular complexity index is 432. The predicted octanol–water partition coefficient (Wildman–Crippen LogP) is -5.03. The van der Waals surface area contributed by atoms with Crippen molar-refractivity contribution >= 4 is 16.4 Å². The summed E-state index contributed by atoms with van der Waals surface area (Å²) >= 11 is 0. The SMILES string of the molecule is O=C1O[C@H]([C@@H](O)CO)C(OS(=O)(=O)O)=C1O.[H-].[K+]. The fourth-order valence-electron chi connectivity index (χ4n) is 1.01. The average molecular weight is 296 g/mol. The summed E-state index contributed by atoms with van der Waals surface area (Å²) in [6.07, 6.45) is -3.38. The van der Waals surface area contributed by atoms with Crippen molar-refractivity contribution in [3.05, 3.63) is 11.5 Å². The average Bonchev–Trinajstić information content (AvgIpc) is 2.43. The number of rotatable bonds is 4. The summed E-state index contributed by atoms with van der Waals surface area (Å²) in [4.78, 5) is 10.8. The van der Waals surface area contributed by atoms with Gasteiger partial charge in [-0.05, 0) is 0 Å². The number of hydrogen-bond acceptors (Lipinski definition) is 8. The Balaban J connectivity index is 0. The zero-order valence-electron chi connectivity index (χ0n) is 9.60. The van der Waals surface area contributed by atoms with Gasteiger partial charge in [0.15, 0.2) is 6.10 Å². The zero-order chi connectivity index (χ0) is 12.5. The van der Waals surface area contributed by atoms with E-state index in [2.05, 4.69) is 8.92 Å². The van der Waals surface area contributed by atoms with E-state index in [-0.39, 0.29) is 52.8 Å². The summed E-state index contributed by atoms with van der Waals surface area (Å²) in [6, 6.07) is 0. The molecule has 2 atom stereocenters. The Kier molecular flexibility index (Phi) is 6.55. The first-order valence-electron chi connectivity index (χ1n) is 3.86. The molecule has 4 N–H and O–H groups in total. The molecule has 17 heavy (non-hydrogen) atoms. The van der Waals surface area contributed by atoms with Gasteiger partial charge in [0.05, 0.1) is 6.61 Å². The number of esters is 1. The minimum absolute atomic E-state index is 0. The normalized spacial score (nSPS) is 21.8. The van der Waals surface area contributed by atoms with Crippen LogP contribution in [0.4, 0.5) is 0 Å². The van der Waals surface area contributed by atoms with Crippen LogP contribution >= 0.6 is 0 Å². The summed E-state index contributed by atoms with van der Waals surface area (Å²) in [5.41, 5.74) is 0. The summed E-state index contributed by atoms with van der Waals surface area (Å²) in [7, 11) is -4.98. The van der Waals surface area contributed by atoms with Crippen molar-refractivity contribution in [2.24, 2.45) is 0 Å². The first-order chi connectivity index (χ1) is 7.26. The molecule has 11 heteroatoms. The Morgan fingerprint density at radius 3 is 2.47 bits per heavy atom. The molecule has 0 saturated carbocycles. The molecule has 0 unspecified atom stereocenters. The number of hydrogen-bond donors (Lipinski definition) is 4. The Morgan fingerprint density at radius 2 is 2.06 bits per heavy atom. The molecule has 1 rings (SSSR count). The van der Waals surface area contributed by atoms with Crippen LogP contribution in [0.5, 0.6) is 0 Å².